The number of rotatable bonds is 3. The average molecular weight is 347 g/mol. The van der Waals surface area contributed by atoms with Crippen LogP contribution in [0.2, 0.25) is 0 Å². The van der Waals surface area contributed by atoms with Gasteiger partial charge in [0.25, 0.3) is 11.8 Å². The van der Waals surface area contributed by atoms with Crippen molar-refractivity contribution in [3.63, 3.8) is 0 Å². The summed E-state index contributed by atoms with van der Waals surface area (Å²) >= 11 is 7.85. The van der Waals surface area contributed by atoms with E-state index in [1.807, 2.05) is 17.5 Å². The average Bonchev–Trinajstić information content (AvgIpc) is 3.12. The van der Waals surface area contributed by atoms with Crippen LogP contribution in [0.25, 0.3) is 6.08 Å². The van der Waals surface area contributed by atoms with Crippen LogP contribution in [0.5, 0.6) is 0 Å². The zero-order valence-corrected chi connectivity index (χ0v) is 13.5. The molecule has 0 saturated carbocycles. The highest BCUT2D eigenvalue weighted by Crippen LogP contribution is 2.32. The van der Waals surface area contributed by atoms with Crippen molar-refractivity contribution < 1.29 is 9.59 Å². The summed E-state index contributed by atoms with van der Waals surface area (Å²) in [4.78, 5) is 29.7. The highest BCUT2D eigenvalue weighted by atomic mass is 32.2. The number of aromatic nitrogens is 1. The molecule has 2 aromatic rings. The quantitative estimate of drug-likeness (QED) is 0.683. The Bertz CT molecular complexity index is 757. The first-order chi connectivity index (χ1) is 10.6. The lowest BCUT2D eigenvalue weighted by Gasteiger charge is -2.15. The lowest BCUT2D eigenvalue weighted by Crippen LogP contribution is -2.44. The van der Waals surface area contributed by atoms with Gasteiger partial charge in [0.05, 0.1) is 4.91 Å². The Kier molecular flexibility index (Phi) is 4.32. The molecular weight excluding hydrogens is 338 g/mol. The SMILES string of the molecule is O=C(NN1C(=O)/C(=C\c2cccs2)SC1=S)c1ccncc1. The summed E-state index contributed by atoms with van der Waals surface area (Å²) in [5.41, 5.74) is 2.93. The number of hydrogen-bond acceptors (Lipinski definition) is 6. The smallest absolute Gasteiger partial charge is 0.267 e. The second-order valence-electron chi connectivity index (χ2n) is 4.21. The Labute approximate surface area is 140 Å². The van der Waals surface area contributed by atoms with E-state index >= 15 is 0 Å². The normalized spacial score (nSPS) is 16.4. The van der Waals surface area contributed by atoms with E-state index in [0.717, 1.165) is 9.89 Å². The van der Waals surface area contributed by atoms with Crippen molar-refractivity contribution in [2.45, 2.75) is 0 Å². The van der Waals surface area contributed by atoms with Gasteiger partial charge in [-0.2, -0.15) is 5.01 Å². The van der Waals surface area contributed by atoms with Crippen LogP contribution in [0.15, 0.2) is 46.9 Å². The van der Waals surface area contributed by atoms with E-state index in [1.54, 1.807) is 18.2 Å². The van der Waals surface area contributed by atoms with Gasteiger partial charge in [0.1, 0.15) is 0 Å². The van der Waals surface area contributed by atoms with Gasteiger partial charge in [-0.3, -0.25) is 20.0 Å². The predicted octanol–water partition coefficient (Wildman–Crippen LogP) is 2.69. The van der Waals surface area contributed by atoms with Crippen LogP contribution in [0, 0.1) is 0 Å². The van der Waals surface area contributed by atoms with Crippen LogP contribution in [-0.4, -0.2) is 26.1 Å². The summed E-state index contributed by atoms with van der Waals surface area (Å²) in [5, 5.41) is 3.03. The first-order valence-electron chi connectivity index (χ1n) is 6.17. The van der Waals surface area contributed by atoms with Gasteiger partial charge >= 0.3 is 0 Å². The zero-order chi connectivity index (χ0) is 15.5. The standard InChI is InChI=1S/C14H9N3O2S3/c18-12(9-3-5-15-6-4-9)16-17-13(19)11(22-14(17)20)8-10-2-1-7-21-10/h1-8H,(H,16,18)/b11-8+. The summed E-state index contributed by atoms with van der Waals surface area (Å²) in [6.07, 6.45) is 4.79. The molecule has 1 aliphatic rings. The lowest BCUT2D eigenvalue weighted by atomic mass is 10.2. The highest BCUT2D eigenvalue weighted by molar-refractivity contribution is 8.26. The second-order valence-corrected chi connectivity index (χ2v) is 6.86. The summed E-state index contributed by atoms with van der Waals surface area (Å²) < 4.78 is 0.301. The fourth-order valence-corrected chi connectivity index (χ4v) is 3.64. The summed E-state index contributed by atoms with van der Waals surface area (Å²) in [6.45, 7) is 0. The van der Waals surface area contributed by atoms with E-state index in [-0.39, 0.29) is 5.91 Å². The van der Waals surface area contributed by atoms with Crippen molar-refractivity contribution in [3.8, 4) is 0 Å². The Balaban J connectivity index is 1.76. The fraction of sp³-hybridized carbons (Fsp3) is 0. The minimum Gasteiger partial charge on any atom is -0.267 e. The molecule has 22 heavy (non-hydrogen) atoms. The molecule has 0 radical (unpaired) electrons. The maximum absolute atomic E-state index is 12.3. The van der Waals surface area contributed by atoms with Gasteiger partial charge in [0.2, 0.25) is 0 Å². The number of hydrazine groups is 1. The number of thiophene rings is 1. The first kappa shape index (κ1) is 14.9. The molecule has 5 nitrogen and oxygen atoms in total. The van der Waals surface area contributed by atoms with Crippen LogP contribution in [0.1, 0.15) is 15.2 Å². The van der Waals surface area contributed by atoms with Crippen LogP contribution in [0.3, 0.4) is 0 Å². The summed E-state index contributed by atoms with van der Waals surface area (Å²) in [5.74, 6) is -0.734. The van der Waals surface area contributed by atoms with Crippen LogP contribution in [0.4, 0.5) is 0 Å². The van der Waals surface area contributed by atoms with E-state index in [9.17, 15) is 9.59 Å². The zero-order valence-electron chi connectivity index (χ0n) is 11.1. The predicted molar refractivity (Wildman–Crippen MR) is 91.0 cm³/mol. The maximum Gasteiger partial charge on any atom is 0.285 e. The monoisotopic (exact) mass is 347 g/mol. The molecular formula is C14H9N3O2S3. The summed E-state index contributed by atoms with van der Waals surface area (Å²) in [6, 6.07) is 6.94. The van der Waals surface area contributed by atoms with E-state index in [0.29, 0.717) is 14.8 Å². The molecule has 1 N–H and O–H groups in total. The second kappa shape index (κ2) is 6.39. The van der Waals surface area contributed by atoms with Gasteiger partial charge in [-0.25, -0.2) is 0 Å². The molecule has 3 heterocycles. The molecule has 0 spiro atoms. The summed E-state index contributed by atoms with van der Waals surface area (Å²) in [7, 11) is 0. The molecule has 2 aromatic heterocycles. The Morgan fingerprint density at radius 1 is 1.32 bits per heavy atom. The van der Waals surface area contributed by atoms with Crippen molar-refractivity contribution in [2.75, 3.05) is 0 Å². The number of nitrogens with one attached hydrogen (secondary N) is 1. The van der Waals surface area contributed by atoms with E-state index in [1.165, 1.54) is 35.5 Å². The molecule has 1 saturated heterocycles. The number of carbonyl (C=O) groups is 2. The van der Waals surface area contributed by atoms with Crippen molar-refractivity contribution in [1.82, 2.24) is 15.4 Å². The molecule has 2 amide bonds. The topological polar surface area (TPSA) is 62.3 Å². The number of thiocarbonyl (C=S) groups is 1. The van der Waals surface area contributed by atoms with Crippen molar-refractivity contribution in [1.29, 1.82) is 0 Å². The lowest BCUT2D eigenvalue weighted by molar-refractivity contribution is -0.123. The van der Waals surface area contributed by atoms with Gasteiger partial charge in [-0.1, -0.05) is 17.8 Å². The molecule has 0 bridgehead atoms. The maximum atomic E-state index is 12.3. The van der Waals surface area contributed by atoms with Gasteiger partial charge in [0.15, 0.2) is 4.32 Å². The minimum absolute atomic E-state index is 0.301. The largest absolute Gasteiger partial charge is 0.285 e. The number of thioether (sulfide) groups is 1. The Morgan fingerprint density at radius 2 is 2.09 bits per heavy atom. The van der Waals surface area contributed by atoms with Crippen LogP contribution < -0.4 is 5.43 Å². The van der Waals surface area contributed by atoms with E-state index in [2.05, 4.69) is 10.4 Å². The van der Waals surface area contributed by atoms with E-state index < -0.39 is 5.91 Å². The molecule has 0 atom stereocenters. The molecule has 8 heteroatoms. The first-order valence-corrected chi connectivity index (χ1v) is 8.28. The third-order valence-corrected chi connectivity index (χ3v) is 4.89. The number of amides is 2. The molecule has 1 fully saturated rings. The molecule has 0 aromatic carbocycles. The van der Waals surface area contributed by atoms with Crippen molar-refractivity contribution >= 4 is 57.5 Å². The third kappa shape index (κ3) is 3.08. The van der Waals surface area contributed by atoms with Crippen molar-refractivity contribution in [2.24, 2.45) is 0 Å². The Hall–Kier alpha value is -2.03. The van der Waals surface area contributed by atoms with Crippen molar-refractivity contribution in [3.05, 3.63) is 57.4 Å². The molecule has 110 valence electrons. The van der Waals surface area contributed by atoms with E-state index in [4.69, 9.17) is 12.2 Å². The number of carbonyl (C=O) groups excluding carboxylic acids is 2. The highest BCUT2D eigenvalue weighted by Gasteiger charge is 2.33. The minimum atomic E-state index is -0.406. The molecule has 0 aliphatic carbocycles. The van der Waals surface area contributed by atoms with Gasteiger partial charge < -0.3 is 0 Å². The van der Waals surface area contributed by atoms with Gasteiger partial charge in [-0.15, -0.1) is 11.3 Å². The van der Waals surface area contributed by atoms with Gasteiger partial charge in [-0.05, 0) is 41.9 Å². The molecule has 0 unspecified atom stereocenters. The number of pyridine rings is 1. The molecule has 1 aliphatic heterocycles. The third-order valence-electron chi connectivity index (χ3n) is 2.77. The Morgan fingerprint density at radius 3 is 2.77 bits per heavy atom. The number of nitrogens with zero attached hydrogens (tertiary/aromatic N) is 2. The molecule has 3 rings (SSSR count). The number of hydrogen-bond donors (Lipinski definition) is 1. The van der Waals surface area contributed by atoms with Crippen LogP contribution >= 0.6 is 35.3 Å². The van der Waals surface area contributed by atoms with Crippen LogP contribution in [-0.2, 0) is 4.79 Å². The fourth-order valence-electron chi connectivity index (χ4n) is 1.74. The van der Waals surface area contributed by atoms with Gasteiger partial charge in [0, 0.05) is 22.8 Å².